The Morgan fingerprint density at radius 3 is 2.28 bits per heavy atom. The number of nitrogens with one attached hydrogen (secondary N) is 1. The number of hydrogen-bond donors (Lipinski definition) is 2. The average molecular weight is 383 g/mol. The molecule has 0 aliphatic rings. The number of benzene rings is 2. The molecule has 132 valence electrons. The highest BCUT2D eigenvalue weighted by molar-refractivity contribution is 7.89. The highest BCUT2D eigenvalue weighted by Crippen LogP contribution is 2.17. The topological polar surface area (TPSA) is 116 Å². The van der Waals surface area contributed by atoms with E-state index in [-0.39, 0.29) is 15.5 Å². The van der Waals surface area contributed by atoms with Crippen LogP contribution in [0.3, 0.4) is 0 Å². The normalized spacial score (nSPS) is 12.3. The van der Waals surface area contributed by atoms with E-state index in [1.54, 1.807) is 12.1 Å². The van der Waals surface area contributed by atoms with E-state index < -0.39 is 28.0 Å². The van der Waals surface area contributed by atoms with E-state index in [9.17, 15) is 18.0 Å². The number of halogens is 1. The minimum absolute atomic E-state index is 0.0799. The number of nitrogens with two attached hydrogens (primary N) is 1. The maximum Gasteiger partial charge on any atom is 0.340 e. The van der Waals surface area contributed by atoms with Gasteiger partial charge in [-0.3, -0.25) is 4.79 Å². The Kier molecular flexibility index (Phi) is 5.78. The molecule has 0 saturated carbocycles. The van der Waals surface area contributed by atoms with Crippen LogP contribution in [0.15, 0.2) is 53.4 Å². The molecule has 2 aromatic carbocycles. The van der Waals surface area contributed by atoms with Gasteiger partial charge in [0.15, 0.2) is 6.10 Å². The molecule has 0 saturated heterocycles. The second kappa shape index (κ2) is 7.64. The highest BCUT2D eigenvalue weighted by Gasteiger charge is 2.20. The van der Waals surface area contributed by atoms with Gasteiger partial charge < -0.3 is 10.1 Å². The first-order valence-corrected chi connectivity index (χ1v) is 9.00. The Balaban J connectivity index is 2.01. The lowest BCUT2D eigenvalue weighted by atomic mass is 10.2. The summed E-state index contributed by atoms with van der Waals surface area (Å²) in [6, 6.07) is 11.6. The first kappa shape index (κ1) is 18.9. The number of ether oxygens (including phenoxy) is 1. The largest absolute Gasteiger partial charge is 0.449 e. The first-order chi connectivity index (χ1) is 11.7. The summed E-state index contributed by atoms with van der Waals surface area (Å²) in [4.78, 5) is 24.0. The number of hydrogen-bond acceptors (Lipinski definition) is 5. The van der Waals surface area contributed by atoms with Gasteiger partial charge in [-0.25, -0.2) is 18.4 Å². The summed E-state index contributed by atoms with van der Waals surface area (Å²) in [5, 5.41) is 7.72. The fraction of sp³-hybridized carbons (Fsp3) is 0.125. The van der Waals surface area contributed by atoms with Crippen molar-refractivity contribution in [3.05, 3.63) is 59.1 Å². The second-order valence-corrected chi connectivity index (χ2v) is 7.05. The van der Waals surface area contributed by atoms with Crippen molar-refractivity contribution in [2.45, 2.75) is 17.9 Å². The SMILES string of the molecule is C[C@@H](OC(=O)c1ccccc1Cl)C(=O)Nc1ccc(S(N)(=O)=O)cc1. The number of carbonyl (C=O) groups excluding carboxylic acids is 2. The predicted molar refractivity (Wildman–Crippen MR) is 92.8 cm³/mol. The van der Waals surface area contributed by atoms with Crippen LogP contribution in [-0.2, 0) is 19.6 Å². The third kappa shape index (κ3) is 5.02. The zero-order valence-electron chi connectivity index (χ0n) is 13.1. The molecule has 0 unspecified atom stereocenters. The molecule has 0 aliphatic heterocycles. The fourth-order valence-corrected chi connectivity index (χ4v) is 2.60. The number of esters is 1. The van der Waals surface area contributed by atoms with Gasteiger partial charge >= 0.3 is 5.97 Å². The van der Waals surface area contributed by atoms with Gasteiger partial charge in [-0.05, 0) is 43.3 Å². The van der Waals surface area contributed by atoms with Gasteiger partial charge in [0, 0.05) is 5.69 Å². The van der Waals surface area contributed by atoms with Crippen molar-refractivity contribution >= 4 is 39.2 Å². The molecule has 1 amide bonds. The van der Waals surface area contributed by atoms with Crippen LogP contribution in [0.5, 0.6) is 0 Å². The van der Waals surface area contributed by atoms with Crippen LogP contribution in [0.25, 0.3) is 0 Å². The van der Waals surface area contributed by atoms with Gasteiger partial charge in [0.1, 0.15) is 0 Å². The number of carbonyl (C=O) groups is 2. The van der Waals surface area contributed by atoms with E-state index in [1.165, 1.54) is 43.3 Å². The maximum absolute atomic E-state index is 12.1. The van der Waals surface area contributed by atoms with Crippen LogP contribution in [0, 0.1) is 0 Å². The molecule has 0 aromatic heterocycles. The van der Waals surface area contributed by atoms with E-state index in [0.717, 1.165) is 0 Å². The van der Waals surface area contributed by atoms with Crippen LogP contribution >= 0.6 is 11.6 Å². The van der Waals surface area contributed by atoms with Crippen LogP contribution in [0.1, 0.15) is 17.3 Å². The van der Waals surface area contributed by atoms with E-state index in [2.05, 4.69) is 5.32 Å². The first-order valence-electron chi connectivity index (χ1n) is 7.07. The Labute approximate surface area is 149 Å². The summed E-state index contributed by atoms with van der Waals surface area (Å²) in [6.07, 6.45) is -1.08. The van der Waals surface area contributed by atoms with Gasteiger partial charge in [0.05, 0.1) is 15.5 Å². The fourth-order valence-electron chi connectivity index (χ4n) is 1.88. The molecule has 25 heavy (non-hydrogen) atoms. The summed E-state index contributed by atoms with van der Waals surface area (Å²) >= 11 is 5.90. The number of primary sulfonamides is 1. The Morgan fingerprint density at radius 1 is 1.12 bits per heavy atom. The molecule has 0 spiro atoms. The van der Waals surface area contributed by atoms with Crippen molar-refractivity contribution in [1.29, 1.82) is 0 Å². The molecule has 0 bridgehead atoms. The standard InChI is InChI=1S/C16H15ClN2O5S/c1-10(24-16(21)13-4-2-3-5-14(13)17)15(20)19-11-6-8-12(9-7-11)25(18,22)23/h2-10H,1H3,(H,19,20)(H2,18,22,23)/t10-/m1/s1. The summed E-state index contributed by atoms with van der Waals surface area (Å²) < 4.78 is 27.4. The van der Waals surface area contributed by atoms with Gasteiger partial charge in [-0.2, -0.15) is 0 Å². The molecular formula is C16H15ClN2O5S. The minimum Gasteiger partial charge on any atom is -0.449 e. The maximum atomic E-state index is 12.1. The predicted octanol–water partition coefficient (Wildman–Crippen LogP) is 2.17. The molecule has 0 aliphatic carbocycles. The smallest absolute Gasteiger partial charge is 0.340 e. The molecule has 3 N–H and O–H groups in total. The molecule has 0 fully saturated rings. The third-order valence-corrected chi connectivity index (χ3v) is 4.46. The number of anilines is 1. The van der Waals surface area contributed by atoms with Crippen molar-refractivity contribution in [2.75, 3.05) is 5.32 Å². The van der Waals surface area contributed by atoms with Crippen LogP contribution in [0.2, 0.25) is 5.02 Å². The number of sulfonamides is 1. The Morgan fingerprint density at radius 2 is 1.72 bits per heavy atom. The van der Waals surface area contributed by atoms with Gasteiger partial charge in [0.2, 0.25) is 10.0 Å². The molecule has 0 heterocycles. The summed E-state index contributed by atoms with van der Waals surface area (Å²) in [6.45, 7) is 1.41. The summed E-state index contributed by atoms with van der Waals surface area (Å²) in [5.41, 5.74) is 0.486. The molecule has 1 atom stereocenters. The van der Waals surface area contributed by atoms with Gasteiger partial charge in [-0.15, -0.1) is 0 Å². The van der Waals surface area contributed by atoms with E-state index in [4.69, 9.17) is 21.5 Å². The number of rotatable bonds is 5. The van der Waals surface area contributed by atoms with Gasteiger partial charge in [0.25, 0.3) is 5.91 Å². The third-order valence-electron chi connectivity index (χ3n) is 3.20. The van der Waals surface area contributed by atoms with Crippen molar-refractivity contribution in [1.82, 2.24) is 0 Å². The van der Waals surface area contributed by atoms with Crippen LogP contribution < -0.4 is 10.5 Å². The van der Waals surface area contributed by atoms with E-state index in [0.29, 0.717) is 5.69 Å². The highest BCUT2D eigenvalue weighted by atomic mass is 35.5. The molecule has 2 rings (SSSR count). The number of amides is 1. The van der Waals surface area contributed by atoms with Crippen LogP contribution in [0.4, 0.5) is 5.69 Å². The van der Waals surface area contributed by atoms with E-state index >= 15 is 0 Å². The second-order valence-electron chi connectivity index (χ2n) is 5.09. The van der Waals surface area contributed by atoms with E-state index in [1.807, 2.05) is 0 Å². The zero-order valence-corrected chi connectivity index (χ0v) is 14.7. The quantitative estimate of drug-likeness (QED) is 0.769. The van der Waals surface area contributed by atoms with Crippen molar-refractivity contribution in [2.24, 2.45) is 5.14 Å². The molecular weight excluding hydrogens is 368 g/mol. The Hall–Kier alpha value is -2.42. The van der Waals surface area contributed by atoms with Crippen molar-refractivity contribution in [3.63, 3.8) is 0 Å². The van der Waals surface area contributed by atoms with Crippen LogP contribution in [-0.4, -0.2) is 26.4 Å². The molecule has 0 radical (unpaired) electrons. The molecule has 7 nitrogen and oxygen atoms in total. The zero-order chi connectivity index (χ0) is 18.6. The summed E-state index contributed by atoms with van der Waals surface area (Å²) in [5.74, 6) is -1.30. The Bertz CT molecular complexity index is 897. The van der Waals surface area contributed by atoms with Gasteiger partial charge in [-0.1, -0.05) is 23.7 Å². The average Bonchev–Trinajstić information content (AvgIpc) is 2.54. The monoisotopic (exact) mass is 382 g/mol. The molecule has 9 heteroatoms. The minimum atomic E-state index is -3.81. The summed E-state index contributed by atoms with van der Waals surface area (Å²) in [7, 11) is -3.81. The lowest BCUT2D eigenvalue weighted by Crippen LogP contribution is -2.30. The lowest BCUT2D eigenvalue weighted by molar-refractivity contribution is -0.123. The molecule has 2 aromatic rings. The van der Waals surface area contributed by atoms with Crippen molar-refractivity contribution < 1.29 is 22.7 Å². The van der Waals surface area contributed by atoms with Crippen molar-refractivity contribution in [3.8, 4) is 0 Å². The lowest BCUT2D eigenvalue weighted by Gasteiger charge is -2.14.